The summed E-state index contributed by atoms with van der Waals surface area (Å²) in [4.78, 5) is 31.4. The van der Waals surface area contributed by atoms with Gasteiger partial charge in [-0.2, -0.15) is 0 Å². The molecule has 0 radical (unpaired) electrons. The SMILES string of the molecule is CC(C)(C)OC(=O)N1CCN(c2ccc3c(c2)C(=O)N(Cc2ccc(Cl)cc2)CC3)CC1. The standard InChI is InChI=1S/C25H30ClN3O3/c1-25(2,3)32-24(31)28-14-12-27(13-15-28)21-9-6-19-10-11-29(23(30)22(19)16-21)17-18-4-7-20(26)8-5-18/h4-9,16H,10-15,17H2,1-3H3. The monoisotopic (exact) mass is 455 g/mol. The third-order valence-electron chi connectivity index (χ3n) is 5.85. The molecule has 4 rings (SSSR count). The van der Waals surface area contributed by atoms with Gasteiger partial charge in [-0.3, -0.25) is 4.79 Å². The fourth-order valence-corrected chi connectivity index (χ4v) is 4.27. The molecule has 7 heteroatoms. The lowest BCUT2D eigenvalue weighted by Gasteiger charge is -2.37. The summed E-state index contributed by atoms with van der Waals surface area (Å²) in [6.07, 6.45) is 0.581. The number of nitrogens with zero attached hydrogens (tertiary/aromatic N) is 3. The maximum Gasteiger partial charge on any atom is 0.410 e. The van der Waals surface area contributed by atoms with Crippen LogP contribution in [0.1, 0.15) is 42.3 Å². The van der Waals surface area contributed by atoms with Crippen LogP contribution >= 0.6 is 11.6 Å². The molecule has 1 fully saturated rings. The van der Waals surface area contributed by atoms with Gasteiger partial charge in [-0.25, -0.2) is 4.79 Å². The van der Waals surface area contributed by atoms with Crippen LogP contribution in [-0.2, 0) is 17.7 Å². The van der Waals surface area contributed by atoms with E-state index in [1.54, 1.807) is 4.90 Å². The van der Waals surface area contributed by atoms with Crippen molar-refractivity contribution in [3.05, 3.63) is 64.2 Å². The largest absolute Gasteiger partial charge is 0.444 e. The Morgan fingerprint density at radius 2 is 1.69 bits per heavy atom. The Morgan fingerprint density at radius 3 is 2.34 bits per heavy atom. The van der Waals surface area contributed by atoms with Crippen molar-refractivity contribution in [2.75, 3.05) is 37.6 Å². The maximum atomic E-state index is 13.2. The minimum Gasteiger partial charge on any atom is -0.444 e. The molecule has 2 amide bonds. The van der Waals surface area contributed by atoms with Crippen molar-refractivity contribution in [3.63, 3.8) is 0 Å². The van der Waals surface area contributed by atoms with Crippen molar-refractivity contribution in [3.8, 4) is 0 Å². The number of carbonyl (C=O) groups is 2. The van der Waals surface area contributed by atoms with E-state index in [4.69, 9.17) is 16.3 Å². The number of fused-ring (bicyclic) bond motifs is 1. The molecular formula is C25H30ClN3O3. The summed E-state index contributed by atoms with van der Waals surface area (Å²) < 4.78 is 5.48. The Balaban J connectivity index is 1.42. The molecule has 0 N–H and O–H groups in total. The molecule has 0 saturated carbocycles. The van der Waals surface area contributed by atoms with Gasteiger partial charge in [0.05, 0.1) is 0 Å². The van der Waals surface area contributed by atoms with Crippen LogP contribution in [0, 0.1) is 0 Å². The lowest BCUT2D eigenvalue weighted by atomic mass is 9.97. The first-order valence-electron chi connectivity index (χ1n) is 11.1. The first kappa shape index (κ1) is 22.5. The molecule has 0 unspecified atom stereocenters. The zero-order chi connectivity index (χ0) is 22.9. The normalized spacial score (nSPS) is 16.8. The van der Waals surface area contributed by atoms with Crippen molar-refractivity contribution in [1.82, 2.24) is 9.80 Å². The van der Waals surface area contributed by atoms with Gasteiger partial charge >= 0.3 is 6.09 Å². The van der Waals surface area contributed by atoms with Gasteiger partial charge in [0.2, 0.25) is 0 Å². The quantitative estimate of drug-likeness (QED) is 0.679. The highest BCUT2D eigenvalue weighted by atomic mass is 35.5. The first-order valence-corrected chi connectivity index (χ1v) is 11.5. The third kappa shape index (κ3) is 5.18. The number of ether oxygens (including phenoxy) is 1. The Hall–Kier alpha value is -2.73. The van der Waals surface area contributed by atoms with Crippen LogP contribution in [0.3, 0.4) is 0 Å². The summed E-state index contributed by atoms with van der Waals surface area (Å²) in [6.45, 7) is 9.54. The minimum absolute atomic E-state index is 0.0652. The molecule has 0 aromatic heterocycles. The van der Waals surface area contributed by atoms with Crippen LogP contribution in [0.4, 0.5) is 10.5 Å². The highest BCUT2D eigenvalue weighted by Crippen LogP contribution is 2.27. The Bertz CT molecular complexity index is 992. The molecule has 2 aromatic carbocycles. The molecule has 2 aliphatic rings. The highest BCUT2D eigenvalue weighted by Gasteiger charge is 2.28. The summed E-state index contributed by atoms with van der Waals surface area (Å²) >= 11 is 5.98. The average Bonchev–Trinajstić information content (AvgIpc) is 2.76. The number of halogens is 1. The van der Waals surface area contributed by atoms with Crippen LogP contribution in [-0.4, -0.2) is 60.1 Å². The van der Waals surface area contributed by atoms with Crippen LogP contribution in [0.25, 0.3) is 0 Å². The molecule has 0 atom stereocenters. The van der Waals surface area contributed by atoms with E-state index in [-0.39, 0.29) is 12.0 Å². The topological polar surface area (TPSA) is 53.1 Å². The van der Waals surface area contributed by atoms with Gasteiger partial charge in [-0.1, -0.05) is 29.8 Å². The Kier molecular flexibility index (Phi) is 6.33. The molecule has 2 aliphatic heterocycles. The first-order chi connectivity index (χ1) is 15.2. The Labute approximate surface area is 194 Å². The van der Waals surface area contributed by atoms with E-state index < -0.39 is 5.60 Å². The van der Waals surface area contributed by atoms with Crippen LogP contribution in [0.15, 0.2) is 42.5 Å². The van der Waals surface area contributed by atoms with E-state index in [0.717, 1.165) is 28.8 Å². The molecule has 170 valence electrons. The smallest absolute Gasteiger partial charge is 0.410 e. The Morgan fingerprint density at radius 1 is 1.00 bits per heavy atom. The van der Waals surface area contributed by atoms with Gasteiger partial charge in [-0.15, -0.1) is 0 Å². The van der Waals surface area contributed by atoms with Crippen molar-refractivity contribution in [2.24, 2.45) is 0 Å². The van der Waals surface area contributed by atoms with E-state index in [9.17, 15) is 9.59 Å². The van der Waals surface area contributed by atoms with Crippen molar-refractivity contribution < 1.29 is 14.3 Å². The van der Waals surface area contributed by atoms with Gasteiger partial charge in [-0.05, 0) is 62.6 Å². The van der Waals surface area contributed by atoms with Crippen LogP contribution < -0.4 is 4.90 Å². The molecule has 0 bridgehead atoms. The predicted octanol–water partition coefficient (Wildman–Crippen LogP) is 4.60. The second-order valence-corrected chi connectivity index (χ2v) is 9.84. The van der Waals surface area contributed by atoms with Crippen LogP contribution in [0.2, 0.25) is 5.02 Å². The molecule has 2 aromatic rings. The van der Waals surface area contributed by atoms with Crippen molar-refractivity contribution >= 4 is 29.3 Å². The molecule has 1 saturated heterocycles. The van der Waals surface area contributed by atoms with E-state index >= 15 is 0 Å². The lowest BCUT2D eigenvalue weighted by Crippen LogP contribution is -2.50. The number of hydrogen-bond donors (Lipinski definition) is 0. The third-order valence-corrected chi connectivity index (χ3v) is 6.10. The maximum absolute atomic E-state index is 13.2. The summed E-state index contributed by atoms with van der Waals surface area (Å²) in [7, 11) is 0. The summed E-state index contributed by atoms with van der Waals surface area (Å²) in [5.74, 6) is 0.0652. The van der Waals surface area contributed by atoms with Gasteiger partial charge < -0.3 is 19.4 Å². The van der Waals surface area contributed by atoms with Crippen molar-refractivity contribution in [2.45, 2.75) is 39.3 Å². The second-order valence-electron chi connectivity index (χ2n) is 9.40. The van der Waals surface area contributed by atoms with E-state index in [0.29, 0.717) is 44.3 Å². The molecule has 0 spiro atoms. The number of amides is 2. The van der Waals surface area contributed by atoms with E-state index in [2.05, 4.69) is 17.0 Å². The van der Waals surface area contributed by atoms with Gasteiger partial charge in [0.1, 0.15) is 5.60 Å². The van der Waals surface area contributed by atoms with E-state index in [1.165, 1.54) is 0 Å². The molecule has 6 nitrogen and oxygen atoms in total. The van der Waals surface area contributed by atoms with E-state index in [1.807, 2.05) is 56.0 Å². The molecule has 0 aliphatic carbocycles. The number of carbonyl (C=O) groups excluding carboxylic acids is 2. The van der Waals surface area contributed by atoms with Gasteiger partial charge in [0.15, 0.2) is 0 Å². The van der Waals surface area contributed by atoms with Crippen LogP contribution in [0.5, 0.6) is 0 Å². The number of hydrogen-bond acceptors (Lipinski definition) is 4. The molecule has 32 heavy (non-hydrogen) atoms. The number of anilines is 1. The highest BCUT2D eigenvalue weighted by molar-refractivity contribution is 6.30. The number of benzene rings is 2. The number of rotatable bonds is 3. The second kappa shape index (κ2) is 9.02. The fraction of sp³-hybridized carbons (Fsp3) is 0.440. The average molecular weight is 456 g/mol. The zero-order valence-corrected chi connectivity index (χ0v) is 19.7. The number of piperazine rings is 1. The summed E-state index contributed by atoms with van der Waals surface area (Å²) in [5, 5.41) is 0.695. The molecular weight excluding hydrogens is 426 g/mol. The summed E-state index contributed by atoms with van der Waals surface area (Å²) in [6, 6.07) is 13.8. The van der Waals surface area contributed by atoms with Crippen molar-refractivity contribution in [1.29, 1.82) is 0 Å². The predicted molar refractivity (Wildman–Crippen MR) is 126 cm³/mol. The minimum atomic E-state index is -0.495. The molecule has 2 heterocycles. The zero-order valence-electron chi connectivity index (χ0n) is 18.9. The van der Waals surface area contributed by atoms with Gasteiger partial charge in [0.25, 0.3) is 5.91 Å². The van der Waals surface area contributed by atoms with Gasteiger partial charge in [0, 0.05) is 55.5 Å². The lowest BCUT2D eigenvalue weighted by molar-refractivity contribution is 0.0240. The summed E-state index contributed by atoms with van der Waals surface area (Å²) in [5.41, 5.74) is 3.47. The fourth-order valence-electron chi connectivity index (χ4n) is 4.14.